The van der Waals surface area contributed by atoms with Gasteiger partial charge in [-0.2, -0.15) is 10.2 Å². The van der Waals surface area contributed by atoms with Gasteiger partial charge in [-0.1, -0.05) is 12.1 Å². The first kappa shape index (κ1) is 26.2. The third-order valence-corrected chi connectivity index (χ3v) is 6.81. The number of nitrogens with zero attached hydrogens (tertiary/aromatic N) is 3. The van der Waals surface area contributed by atoms with Gasteiger partial charge >= 0.3 is 0 Å². The molecule has 4 aromatic rings. The van der Waals surface area contributed by atoms with E-state index in [2.05, 4.69) is 21.2 Å². The van der Waals surface area contributed by atoms with Gasteiger partial charge in [0.05, 0.1) is 24.6 Å². The first-order valence-corrected chi connectivity index (χ1v) is 13.0. The fourth-order valence-corrected chi connectivity index (χ4v) is 4.47. The highest BCUT2D eigenvalue weighted by Gasteiger charge is 2.11. The molecule has 1 aromatic heterocycles. The molecule has 4 rings (SSSR count). The number of anilines is 2. The SMILES string of the molecule is CN(CCOCCN)c1ccc(N=Nc2ccc(C(=O)Cc3cc(-c4cccs4)ccc3N)cc2)cc1. The Labute approximate surface area is 221 Å². The van der Waals surface area contributed by atoms with Gasteiger partial charge in [0.1, 0.15) is 0 Å². The minimum atomic E-state index is 0.00616. The molecule has 0 fully saturated rings. The second-order valence-electron chi connectivity index (χ2n) is 8.58. The van der Waals surface area contributed by atoms with Gasteiger partial charge in [0.2, 0.25) is 0 Å². The van der Waals surface area contributed by atoms with E-state index >= 15 is 0 Å². The molecule has 7 nitrogen and oxygen atoms in total. The molecule has 0 saturated heterocycles. The van der Waals surface area contributed by atoms with Gasteiger partial charge in [-0.3, -0.25) is 4.79 Å². The number of ether oxygens (including phenoxy) is 1. The summed E-state index contributed by atoms with van der Waals surface area (Å²) in [7, 11) is 2.01. The van der Waals surface area contributed by atoms with E-state index in [1.807, 2.05) is 61.0 Å². The van der Waals surface area contributed by atoms with Gasteiger partial charge in [0.25, 0.3) is 0 Å². The molecule has 190 valence electrons. The first-order valence-electron chi connectivity index (χ1n) is 12.1. The summed E-state index contributed by atoms with van der Waals surface area (Å²) in [6.45, 7) is 2.50. The summed E-state index contributed by atoms with van der Waals surface area (Å²) in [5, 5.41) is 10.7. The first-order chi connectivity index (χ1) is 18.0. The molecule has 0 saturated carbocycles. The normalized spacial score (nSPS) is 11.2. The largest absolute Gasteiger partial charge is 0.398 e. The van der Waals surface area contributed by atoms with Crippen molar-refractivity contribution in [3.63, 3.8) is 0 Å². The van der Waals surface area contributed by atoms with Crippen molar-refractivity contribution in [3.05, 3.63) is 95.4 Å². The number of thiophene rings is 1. The van der Waals surface area contributed by atoms with E-state index in [0.717, 1.165) is 33.9 Å². The zero-order valence-corrected chi connectivity index (χ0v) is 21.7. The number of hydrogen-bond donors (Lipinski definition) is 2. The Bertz CT molecular complexity index is 1320. The van der Waals surface area contributed by atoms with Crippen LogP contribution in [0.2, 0.25) is 0 Å². The molecule has 0 spiro atoms. The minimum absolute atomic E-state index is 0.00616. The number of carbonyl (C=O) groups excluding carboxylic acids is 1. The van der Waals surface area contributed by atoms with E-state index < -0.39 is 0 Å². The average molecular weight is 514 g/mol. The quantitative estimate of drug-likeness (QED) is 0.101. The molecular weight excluding hydrogens is 482 g/mol. The summed E-state index contributed by atoms with van der Waals surface area (Å²) in [4.78, 5) is 16.2. The zero-order chi connectivity index (χ0) is 26.0. The molecule has 0 bridgehead atoms. The van der Waals surface area contributed by atoms with E-state index in [1.54, 1.807) is 35.6 Å². The molecule has 3 aromatic carbocycles. The number of hydrogen-bond acceptors (Lipinski definition) is 8. The van der Waals surface area contributed by atoms with Crippen molar-refractivity contribution in [2.45, 2.75) is 6.42 Å². The van der Waals surface area contributed by atoms with Crippen LogP contribution in [0.1, 0.15) is 15.9 Å². The minimum Gasteiger partial charge on any atom is -0.398 e. The Hall–Kier alpha value is -3.85. The highest BCUT2D eigenvalue weighted by molar-refractivity contribution is 7.13. The van der Waals surface area contributed by atoms with E-state index in [-0.39, 0.29) is 12.2 Å². The molecular formula is C29H31N5O2S. The Morgan fingerprint density at radius 3 is 2.30 bits per heavy atom. The molecule has 0 amide bonds. The van der Waals surface area contributed by atoms with Crippen molar-refractivity contribution in [2.24, 2.45) is 16.0 Å². The van der Waals surface area contributed by atoms with Gasteiger partial charge in [-0.05, 0) is 83.2 Å². The lowest BCUT2D eigenvalue weighted by Gasteiger charge is -2.19. The maximum atomic E-state index is 12.9. The molecule has 0 atom stereocenters. The van der Waals surface area contributed by atoms with Gasteiger partial charge in [0.15, 0.2) is 5.78 Å². The second kappa shape index (κ2) is 12.9. The fraction of sp³-hybridized carbons (Fsp3) is 0.207. The molecule has 0 aliphatic carbocycles. The van der Waals surface area contributed by atoms with Crippen LogP contribution >= 0.6 is 11.3 Å². The number of likely N-dealkylation sites (N-methyl/N-ethyl adjacent to an activating group) is 1. The number of azo groups is 1. The maximum absolute atomic E-state index is 12.9. The van der Waals surface area contributed by atoms with Crippen LogP contribution in [0.25, 0.3) is 10.4 Å². The van der Waals surface area contributed by atoms with Crippen LogP contribution in [0, 0.1) is 0 Å². The molecule has 8 heteroatoms. The molecule has 0 unspecified atom stereocenters. The van der Waals surface area contributed by atoms with Crippen LogP contribution in [0.15, 0.2) is 94.5 Å². The molecule has 1 heterocycles. The van der Waals surface area contributed by atoms with Crippen molar-refractivity contribution in [2.75, 3.05) is 44.0 Å². The highest BCUT2D eigenvalue weighted by atomic mass is 32.1. The smallest absolute Gasteiger partial charge is 0.167 e. The lowest BCUT2D eigenvalue weighted by molar-refractivity contribution is 0.0993. The topological polar surface area (TPSA) is 106 Å². The fourth-order valence-electron chi connectivity index (χ4n) is 3.75. The standard InChI is InChI=1S/C29H31N5O2S/c1-34(15-17-36-16-14-30)26-11-9-25(10-12-26)33-32-24-7-4-21(5-8-24)28(35)20-23-19-22(6-13-27(23)31)29-3-2-18-37-29/h2-13,18-19H,14-17,20,30-31H2,1H3. The third-order valence-electron chi connectivity index (χ3n) is 5.89. The predicted molar refractivity (Wildman–Crippen MR) is 152 cm³/mol. The van der Waals surface area contributed by atoms with Gasteiger partial charge in [-0.15, -0.1) is 11.3 Å². The van der Waals surface area contributed by atoms with E-state index in [4.69, 9.17) is 16.2 Å². The van der Waals surface area contributed by atoms with E-state index in [0.29, 0.717) is 36.7 Å². The molecule has 0 radical (unpaired) electrons. The number of nitrogens with two attached hydrogens (primary N) is 2. The summed E-state index contributed by atoms with van der Waals surface area (Å²) in [5.41, 5.74) is 17.2. The van der Waals surface area contributed by atoms with Crippen molar-refractivity contribution in [3.8, 4) is 10.4 Å². The van der Waals surface area contributed by atoms with Crippen molar-refractivity contribution in [1.82, 2.24) is 0 Å². The number of rotatable bonds is 12. The van der Waals surface area contributed by atoms with Crippen LogP contribution in [0.5, 0.6) is 0 Å². The van der Waals surface area contributed by atoms with Crippen LogP contribution in [-0.4, -0.2) is 39.1 Å². The summed E-state index contributed by atoms with van der Waals surface area (Å²) < 4.78 is 5.44. The lowest BCUT2D eigenvalue weighted by Crippen LogP contribution is -2.23. The summed E-state index contributed by atoms with van der Waals surface area (Å²) in [5.74, 6) is 0.00616. The summed E-state index contributed by atoms with van der Waals surface area (Å²) in [6.07, 6.45) is 0.242. The highest BCUT2D eigenvalue weighted by Crippen LogP contribution is 2.28. The van der Waals surface area contributed by atoms with E-state index in [1.165, 1.54) is 0 Å². The Morgan fingerprint density at radius 1 is 0.946 bits per heavy atom. The lowest BCUT2D eigenvalue weighted by atomic mass is 9.99. The molecule has 4 N–H and O–H groups in total. The predicted octanol–water partition coefficient (Wildman–Crippen LogP) is 6.25. The van der Waals surface area contributed by atoms with E-state index in [9.17, 15) is 4.79 Å². The number of carbonyl (C=O) groups is 1. The second-order valence-corrected chi connectivity index (χ2v) is 9.52. The number of Topliss-reactive ketones (excluding diaryl/α,β-unsaturated/α-hetero) is 1. The average Bonchev–Trinajstić information content (AvgIpc) is 3.47. The number of benzene rings is 3. The zero-order valence-electron chi connectivity index (χ0n) is 20.8. The Kier molecular flexibility index (Phi) is 9.15. The summed E-state index contributed by atoms with van der Waals surface area (Å²) >= 11 is 1.66. The van der Waals surface area contributed by atoms with Crippen molar-refractivity contribution in [1.29, 1.82) is 0 Å². The summed E-state index contributed by atoms with van der Waals surface area (Å²) in [6, 6.07) is 24.9. The molecule has 0 aliphatic rings. The van der Waals surface area contributed by atoms with Crippen LogP contribution in [0.3, 0.4) is 0 Å². The maximum Gasteiger partial charge on any atom is 0.167 e. The van der Waals surface area contributed by atoms with Crippen LogP contribution in [0.4, 0.5) is 22.7 Å². The molecule has 0 aliphatic heterocycles. The van der Waals surface area contributed by atoms with Crippen LogP contribution in [-0.2, 0) is 11.2 Å². The van der Waals surface area contributed by atoms with Gasteiger partial charge < -0.3 is 21.1 Å². The number of ketones is 1. The third kappa shape index (κ3) is 7.33. The van der Waals surface area contributed by atoms with Gasteiger partial charge in [0, 0.05) is 48.4 Å². The Morgan fingerprint density at radius 2 is 1.65 bits per heavy atom. The van der Waals surface area contributed by atoms with Crippen molar-refractivity contribution >= 4 is 39.9 Å². The monoisotopic (exact) mass is 513 g/mol. The molecule has 37 heavy (non-hydrogen) atoms. The van der Waals surface area contributed by atoms with Crippen molar-refractivity contribution < 1.29 is 9.53 Å². The van der Waals surface area contributed by atoms with Gasteiger partial charge in [-0.25, -0.2) is 0 Å². The van der Waals surface area contributed by atoms with Crippen LogP contribution < -0.4 is 16.4 Å². The number of nitrogen functional groups attached to an aromatic ring is 1. The Balaban J connectivity index is 1.34.